The van der Waals surface area contributed by atoms with E-state index in [1.165, 1.54) is 18.5 Å². The van der Waals surface area contributed by atoms with Gasteiger partial charge in [0.2, 0.25) is 5.91 Å². The van der Waals surface area contributed by atoms with Crippen LogP contribution in [0.1, 0.15) is 44.2 Å². The predicted octanol–water partition coefficient (Wildman–Crippen LogP) is 4.16. The van der Waals surface area contributed by atoms with Crippen LogP contribution in [0.15, 0.2) is 59.7 Å². The van der Waals surface area contributed by atoms with Crippen LogP contribution >= 0.6 is 0 Å². The first-order valence-electron chi connectivity index (χ1n) is 11.1. The Morgan fingerprint density at radius 3 is 2.69 bits per heavy atom. The van der Waals surface area contributed by atoms with E-state index < -0.39 is 5.82 Å². The molecule has 0 bridgehead atoms. The number of benzene rings is 2. The molecule has 1 aliphatic carbocycles. The molecule has 1 amide bonds. The molecular weight excluding hydrogens is 407 g/mol. The normalized spacial score (nSPS) is 15.4. The highest BCUT2D eigenvalue weighted by Crippen LogP contribution is 2.27. The van der Waals surface area contributed by atoms with E-state index in [0.29, 0.717) is 21.9 Å². The molecule has 0 radical (unpaired) electrons. The van der Waals surface area contributed by atoms with E-state index >= 15 is 0 Å². The number of halogens is 1. The second-order valence-corrected chi connectivity index (χ2v) is 8.54. The van der Waals surface area contributed by atoms with Gasteiger partial charge in [-0.25, -0.2) is 9.37 Å². The number of nitrogens with zero attached hydrogens (tertiary/aromatic N) is 3. The van der Waals surface area contributed by atoms with Crippen LogP contribution in [0.3, 0.4) is 0 Å². The van der Waals surface area contributed by atoms with Crippen molar-refractivity contribution in [2.75, 3.05) is 0 Å². The minimum atomic E-state index is -0.407. The Kier molecular flexibility index (Phi) is 5.25. The number of amides is 1. The highest BCUT2D eigenvalue weighted by molar-refractivity contribution is 6.06. The van der Waals surface area contributed by atoms with Crippen LogP contribution in [0.25, 0.3) is 21.9 Å². The molecule has 1 fully saturated rings. The first-order valence-corrected chi connectivity index (χ1v) is 11.1. The third-order valence-electron chi connectivity index (χ3n) is 6.47. The van der Waals surface area contributed by atoms with Gasteiger partial charge in [-0.15, -0.1) is 0 Å². The summed E-state index contributed by atoms with van der Waals surface area (Å²) >= 11 is 0. The molecule has 1 unspecified atom stereocenters. The molecule has 2 heterocycles. The number of hydrogen-bond donors (Lipinski definition) is 1. The van der Waals surface area contributed by atoms with E-state index in [1.54, 1.807) is 15.2 Å². The van der Waals surface area contributed by atoms with Crippen molar-refractivity contribution >= 4 is 27.8 Å². The molecule has 5 rings (SSSR count). The predicted molar refractivity (Wildman–Crippen MR) is 122 cm³/mol. The Hall–Kier alpha value is -3.48. The summed E-state index contributed by atoms with van der Waals surface area (Å²) in [6, 6.07) is 14.0. The lowest BCUT2D eigenvalue weighted by molar-refractivity contribution is -0.122. The topological polar surface area (TPSA) is 68.9 Å². The van der Waals surface area contributed by atoms with E-state index in [-0.39, 0.29) is 30.1 Å². The summed E-state index contributed by atoms with van der Waals surface area (Å²) < 4.78 is 17.3. The SMILES string of the molecule is CC(c1ccccc1)n1cnc2c3cc(F)ccc3n(CC(=O)NC3CCCC3)c2c1=O. The molecule has 0 saturated heterocycles. The molecule has 1 atom stereocenters. The molecule has 0 aliphatic heterocycles. The maximum atomic E-state index is 14.0. The summed E-state index contributed by atoms with van der Waals surface area (Å²) in [5.41, 5.74) is 2.07. The molecule has 4 aromatic rings. The van der Waals surface area contributed by atoms with E-state index in [9.17, 15) is 14.0 Å². The first kappa shape index (κ1) is 20.4. The second kappa shape index (κ2) is 8.22. The smallest absolute Gasteiger partial charge is 0.278 e. The number of carbonyl (C=O) groups excluding carboxylic acids is 1. The summed E-state index contributed by atoms with van der Waals surface area (Å²) in [5.74, 6) is -0.554. The maximum absolute atomic E-state index is 14.0. The van der Waals surface area contributed by atoms with Gasteiger partial charge in [0.25, 0.3) is 5.56 Å². The molecule has 6 nitrogen and oxygen atoms in total. The lowest BCUT2D eigenvalue weighted by Crippen LogP contribution is -2.35. The molecule has 2 aromatic carbocycles. The number of aromatic nitrogens is 3. The van der Waals surface area contributed by atoms with Crippen molar-refractivity contribution in [2.45, 2.75) is 51.2 Å². The van der Waals surface area contributed by atoms with Gasteiger partial charge in [-0.1, -0.05) is 43.2 Å². The van der Waals surface area contributed by atoms with Gasteiger partial charge in [0.15, 0.2) is 0 Å². The van der Waals surface area contributed by atoms with Gasteiger partial charge in [-0.05, 0) is 43.5 Å². The van der Waals surface area contributed by atoms with E-state index in [1.807, 2.05) is 37.3 Å². The fourth-order valence-corrected chi connectivity index (χ4v) is 4.77. The highest BCUT2D eigenvalue weighted by atomic mass is 19.1. The van der Waals surface area contributed by atoms with Crippen LogP contribution in [0.2, 0.25) is 0 Å². The molecular formula is C25H25FN4O2. The molecule has 7 heteroatoms. The summed E-state index contributed by atoms with van der Waals surface area (Å²) in [4.78, 5) is 31.0. The molecule has 1 N–H and O–H groups in total. The van der Waals surface area contributed by atoms with E-state index in [2.05, 4.69) is 10.3 Å². The van der Waals surface area contributed by atoms with Gasteiger partial charge in [0.05, 0.1) is 17.9 Å². The van der Waals surface area contributed by atoms with Crippen molar-refractivity contribution in [2.24, 2.45) is 0 Å². The average Bonchev–Trinajstić information content (AvgIpc) is 3.41. The lowest BCUT2D eigenvalue weighted by atomic mass is 10.1. The summed E-state index contributed by atoms with van der Waals surface area (Å²) in [6.07, 6.45) is 5.70. The van der Waals surface area contributed by atoms with Crippen molar-refractivity contribution in [1.82, 2.24) is 19.4 Å². The number of fused-ring (bicyclic) bond motifs is 3. The first-order chi connectivity index (χ1) is 15.5. The van der Waals surface area contributed by atoms with Gasteiger partial charge in [0, 0.05) is 11.4 Å². The van der Waals surface area contributed by atoms with Crippen LogP contribution in [0.4, 0.5) is 4.39 Å². The van der Waals surface area contributed by atoms with Gasteiger partial charge in [-0.3, -0.25) is 14.2 Å². The summed E-state index contributed by atoms with van der Waals surface area (Å²) in [7, 11) is 0. The Balaban J connectivity index is 1.64. The number of carbonyl (C=O) groups is 1. The van der Waals surface area contributed by atoms with Crippen molar-refractivity contribution < 1.29 is 9.18 Å². The van der Waals surface area contributed by atoms with Crippen LogP contribution in [-0.4, -0.2) is 26.1 Å². The second-order valence-electron chi connectivity index (χ2n) is 8.54. The zero-order valence-corrected chi connectivity index (χ0v) is 17.9. The quantitative estimate of drug-likeness (QED) is 0.515. The van der Waals surface area contributed by atoms with Gasteiger partial charge < -0.3 is 9.88 Å². The fourth-order valence-electron chi connectivity index (χ4n) is 4.77. The maximum Gasteiger partial charge on any atom is 0.278 e. The van der Waals surface area contributed by atoms with Crippen molar-refractivity contribution in [1.29, 1.82) is 0 Å². The van der Waals surface area contributed by atoms with Gasteiger partial charge >= 0.3 is 0 Å². The van der Waals surface area contributed by atoms with Crippen molar-refractivity contribution in [3.8, 4) is 0 Å². The number of nitrogens with one attached hydrogen (secondary N) is 1. The van der Waals surface area contributed by atoms with Crippen LogP contribution < -0.4 is 10.9 Å². The average molecular weight is 432 g/mol. The van der Waals surface area contributed by atoms with Crippen molar-refractivity contribution in [3.05, 3.63) is 76.6 Å². The molecule has 32 heavy (non-hydrogen) atoms. The monoisotopic (exact) mass is 432 g/mol. The molecule has 1 aliphatic rings. The van der Waals surface area contributed by atoms with Gasteiger partial charge in [0.1, 0.15) is 23.4 Å². The number of hydrogen-bond acceptors (Lipinski definition) is 3. The molecule has 0 spiro atoms. The Morgan fingerprint density at radius 2 is 1.94 bits per heavy atom. The zero-order chi connectivity index (χ0) is 22.2. The Morgan fingerprint density at radius 1 is 1.19 bits per heavy atom. The Labute approximate surface area is 184 Å². The van der Waals surface area contributed by atoms with E-state index in [0.717, 1.165) is 31.2 Å². The van der Waals surface area contributed by atoms with Gasteiger partial charge in [-0.2, -0.15) is 0 Å². The lowest BCUT2D eigenvalue weighted by Gasteiger charge is -2.16. The summed E-state index contributed by atoms with van der Waals surface area (Å²) in [6.45, 7) is 1.92. The molecule has 1 saturated carbocycles. The largest absolute Gasteiger partial charge is 0.352 e. The number of rotatable bonds is 5. The van der Waals surface area contributed by atoms with Crippen LogP contribution in [-0.2, 0) is 11.3 Å². The molecule has 164 valence electrons. The highest BCUT2D eigenvalue weighted by Gasteiger charge is 2.22. The minimum Gasteiger partial charge on any atom is -0.352 e. The van der Waals surface area contributed by atoms with Crippen LogP contribution in [0.5, 0.6) is 0 Å². The van der Waals surface area contributed by atoms with E-state index in [4.69, 9.17) is 0 Å². The minimum absolute atomic E-state index is 0.0111. The third kappa shape index (κ3) is 3.57. The standard InChI is InChI=1S/C25H25FN4O2/c1-16(17-7-3-2-4-8-17)30-15-27-23-20-13-18(26)11-12-21(20)29(24(23)25(30)32)14-22(31)28-19-9-5-6-10-19/h2-4,7-8,11-13,15-16,19H,5-6,9-10,14H2,1H3,(H,28,31). The summed E-state index contributed by atoms with van der Waals surface area (Å²) in [5, 5.41) is 3.61. The van der Waals surface area contributed by atoms with Crippen LogP contribution in [0, 0.1) is 5.82 Å². The Bertz CT molecular complexity index is 1350. The van der Waals surface area contributed by atoms with Crippen molar-refractivity contribution in [3.63, 3.8) is 0 Å². The third-order valence-corrected chi connectivity index (χ3v) is 6.47. The fraction of sp³-hybridized carbons (Fsp3) is 0.320. The zero-order valence-electron chi connectivity index (χ0n) is 17.9. The molecule has 2 aromatic heterocycles.